The van der Waals surface area contributed by atoms with E-state index in [-0.39, 0.29) is 5.91 Å². The van der Waals surface area contributed by atoms with Gasteiger partial charge in [-0.15, -0.1) is 0 Å². The van der Waals surface area contributed by atoms with Gasteiger partial charge in [0.05, 0.1) is 17.3 Å². The zero-order valence-corrected chi connectivity index (χ0v) is 14.0. The van der Waals surface area contributed by atoms with E-state index in [0.29, 0.717) is 6.04 Å². The van der Waals surface area contributed by atoms with Crippen molar-refractivity contribution in [3.05, 3.63) is 18.2 Å². The fraction of sp³-hybridized carbons (Fsp3) is 0.500. The summed E-state index contributed by atoms with van der Waals surface area (Å²) >= 11 is 1.72. The summed E-state index contributed by atoms with van der Waals surface area (Å²) in [6.07, 6.45) is 1.99. The molecular formula is C16H21N3O2S. The lowest BCUT2D eigenvalue weighted by molar-refractivity contribution is -0.129. The molecule has 3 rings (SSSR count). The van der Waals surface area contributed by atoms with Crippen molar-refractivity contribution in [2.45, 2.75) is 25.8 Å². The summed E-state index contributed by atoms with van der Waals surface area (Å²) in [7, 11) is 3.57. The molecule has 1 aromatic carbocycles. The maximum atomic E-state index is 11.5. The maximum Gasteiger partial charge on any atom is 0.219 e. The van der Waals surface area contributed by atoms with Gasteiger partial charge in [-0.2, -0.15) is 0 Å². The second kappa shape index (κ2) is 6.12. The first-order chi connectivity index (χ1) is 10.6. The van der Waals surface area contributed by atoms with Crippen LogP contribution in [0.15, 0.2) is 18.2 Å². The van der Waals surface area contributed by atoms with Crippen molar-refractivity contribution >= 4 is 32.6 Å². The summed E-state index contributed by atoms with van der Waals surface area (Å²) in [5, 5.41) is 1.06. The molecule has 0 saturated carbocycles. The molecule has 22 heavy (non-hydrogen) atoms. The molecule has 0 atom stereocenters. The molecule has 118 valence electrons. The predicted molar refractivity (Wildman–Crippen MR) is 89.9 cm³/mol. The number of anilines is 1. The molecule has 0 radical (unpaired) electrons. The molecule has 5 nitrogen and oxygen atoms in total. The van der Waals surface area contributed by atoms with Gasteiger partial charge in [0.15, 0.2) is 5.13 Å². The van der Waals surface area contributed by atoms with E-state index >= 15 is 0 Å². The predicted octanol–water partition coefficient (Wildman–Crippen LogP) is 2.75. The van der Waals surface area contributed by atoms with Crippen LogP contribution in [0, 0.1) is 0 Å². The highest BCUT2D eigenvalue weighted by atomic mass is 32.1. The van der Waals surface area contributed by atoms with Crippen LogP contribution in [-0.4, -0.2) is 49.1 Å². The molecule has 1 saturated heterocycles. The molecule has 1 aromatic heterocycles. The van der Waals surface area contributed by atoms with Crippen LogP contribution in [0.5, 0.6) is 5.75 Å². The van der Waals surface area contributed by atoms with Gasteiger partial charge in [0.2, 0.25) is 5.91 Å². The number of nitrogens with zero attached hydrogens (tertiary/aromatic N) is 3. The highest BCUT2D eigenvalue weighted by Crippen LogP contribution is 2.32. The van der Waals surface area contributed by atoms with E-state index in [1.807, 2.05) is 24.1 Å². The molecule has 0 N–H and O–H groups in total. The Morgan fingerprint density at radius 2 is 2.14 bits per heavy atom. The molecular weight excluding hydrogens is 298 g/mol. The van der Waals surface area contributed by atoms with Gasteiger partial charge in [0, 0.05) is 39.2 Å². The van der Waals surface area contributed by atoms with Gasteiger partial charge in [-0.05, 0) is 25.0 Å². The van der Waals surface area contributed by atoms with Gasteiger partial charge in [-0.25, -0.2) is 4.98 Å². The summed E-state index contributed by atoms with van der Waals surface area (Å²) in [5.41, 5.74) is 0.988. The third kappa shape index (κ3) is 2.88. The average molecular weight is 319 g/mol. The Hall–Kier alpha value is -1.82. The van der Waals surface area contributed by atoms with Gasteiger partial charge < -0.3 is 14.5 Å². The van der Waals surface area contributed by atoms with E-state index < -0.39 is 0 Å². The highest BCUT2D eigenvalue weighted by Gasteiger charge is 2.25. The number of methoxy groups -OCH3 is 1. The number of carbonyl (C=O) groups is 1. The minimum Gasteiger partial charge on any atom is -0.497 e. The number of hydrogen-bond donors (Lipinski definition) is 0. The molecule has 0 aliphatic carbocycles. The van der Waals surface area contributed by atoms with E-state index in [0.717, 1.165) is 42.3 Å². The Labute approximate surface area is 134 Å². The number of benzene rings is 1. The summed E-state index contributed by atoms with van der Waals surface area (Å²) in [4.78, 5) is 20.4. The number of aromatic nitrogens is 1. The molecule has 2 heterocycles. The van der Waals surface area contributed by atoms with Gasteiger partial charge >= 0.3 is 0 Å². The summed E-state index contributed by atoms with van der Waals surface area (Å²) in [6.45, 7) is 3.52. The van der Waals surface area contributed by atoms with Crippen molar-refractivity contribution in [3.8, 4) is 5.75 Å². The lowest BCUT2D eigenvalue weighted by Gasteiger charge is -2.36. The second-order valence-electron chi connectivity index (χ2n) is 5.68. The van der Waals surface area contributed by atoms with Crippen LogP contribution in [0.1, 0.15) is 19.8 Å². The van der Waals surface area contributed by atoms with Crippen LogP contribution in [0.25, 0.3) is 10.2 Å². The number of fused-ring (bicyclic) bond motifs is 1. The fourth-order valence-electron chi connectivity index (χ4n) is 2.86. The standard InChI is InChI=1S/C16H21N3O2S/c1-11(20)18(2)12-6-8-19(9-7-12)16-17-14-10-13(21-3)4-5-15(14)22-16/h4-5,10,12H,6-9H2,1-3H3. The third-order valence-electron chi connectivity index (χ3n) is 4.36. The quantitative estimate of drug-likeness (QED) is 0.873. The average Bonchev–Trinajstić information content (AvgIpc) is 2.97. The third-order valence-corrected chi connectivity index (χ3v) is 5.46. The van der Waals surface area contributed by atoms with Crippen LogP contribution < -0.4 is 9.64 Å². The van der Waals surface area contributed by atoms with Gasteiger partial charge in [0.25, 0.3) is 0 Å². The second-order valence-corrected chi connectivity index (χ2v) is 6.69. The molecule has 6 heteroatoms. The molecule has 1 aliphatic rings. The van der Waals surface area contributed by atoms with Crippen molar-refractivity contribution in [2.75, 3.05) is 32.1 Å². The Morgan fingerprint density at radius 1 is 1.41 bits per heavy atom. The summed E-state index contributed by atoms with van der Waals surface area (Å²) in [6, 6.07) is 6.36. The van der Waals surface area contributed by atoms with E-state index in [1.165, 1.54) is 4.70 Å². The largest absolute Gasteiger partial charge is 0.497 e. The first kappa shape index (κ1) is 15.1. The Bertz CT molecular complexity index is 677. The van der Waals surface area contributed by atoms with E-state index in [2.05, 4.69) is 11.0 Å². The van der Waals surface area contributed by atoms with Gasteiger partial charge in [0.1, 0.15) is 5.75 Å². The minimum atomic E-state index is 0.144. The number of carbonyl (C=O) groups excluding carboxylic acids is 1. The van der Waals surface area contributed by atoms with Crippen LogP contribution in [0.3, 0.4) is 0 Å². The minimum absolute atomic E-state index is 0.144. The molecule has 0 spiro atoms. The van der Waals surface area contributed by atoms with Gasteiger partial charge in [-0.3, -0.25) is 4.79 Å². The van der Waals surface area contributed by atoms with Crippen LogP contribution in [-0.2, 0) is 4.79 Å². The number of piperidine rings is 1. The van der Waals surface area contributed by atoms with Crippen molar-refractivity contribution in [1.82, 2.24) is 9.88 Å². The SMILES string of the molecule is COc1ccc2sc(N3CCC(N(C)C(C)=O)CC3)nc2c1. The number of amides is 1. The van der Waals surface area contributed by atoms with E-state index in [1.54, 1.807) is 25.4 Å². The summed E-state index contributed by atoms with van der Waals surface area (Å²) in [5.74, 6) is 0.983. The lowest BCUT2D eigenvalue weighted by atomic mass is 10.0. The molecule has 0 unspecified atom stereocenters. The van der Waals surface area contributed by atoms with Crippen molar-refractivity contribution in [2.24, 2.45) is 0 Å². The van der Waals surface area contributed by atoms with Crippen molar-refractivity contribution in [1.29, 1.82) is 0 Å². The zero-order chi connectivity index (χ0) is 15.7. The van der Waals surface area contributed by atoms with Crippen LogP contribution in [0.2, 0.25) is 0 Å². The molecule has 1 aliphatic heterocycles. The first-order valence-corrected chi connectivity index (χ1v) is 8.33. The number of hydrogen-bond acceptors (Lipinski definition) is 5. The lowest BCUT2D eigenvalue weighted by Crippen LogP contribution is -2.45. The zero-order valence-electron chi connectivity index (χ0n) is 13.2. The number of rotatable bonds is 3. The number of ether oxygens (including phenoxy) is 1. The number of thiazole rings is 1. The topological polar surface area (TPSA) is 45.7 Å². The Balaban J connectivity index is 1.72. The van der Waals surface area contributed by atoms with Gasteiger partial charge in [-0.1, -0.05) is 11.3 Å². The van der Waals surface area contributed by atoms with Crippen molar-refractivity contribution in [3.63, 3.8) is 0 Å². The molecule has 0 bridgehead atoms. The monoisotopic (exact) mass is 319 g/mol. The Morgan fingerprint density at radius 3 is 2.77 bits per heavy atom. The fourth-order valence-corrected chi connectivity index (χ4v) is 3.86. The first-order valence-electron chi connectivity index (χ1n) is 7.51. The molecule has 1 amide bonds. The smallest absolute Gasteiger partial charge is 0.219 e. The van der Waals surface area contributed by atoms with E-state index in [9.17, 15) is 4.79 Å². The normalized spacial score (nSPS) is 16.0. The Kier molecular flexibility index (Phi) is 4.20. The van der Waals surface area contributed by atoms with E-state index in [4.69, 9.17) is 9.72 Å². The maximum absolute atomic E-state index is 11.5. The summed E-state index contributed by atoms with van der Waals surface area (Å²) < 4.78 is 6.43. The highest BCUT2D eigenvalue weighted by molar-refractivity contribution is 7.22. The van der Waals surface area contributed by atoms with Crippen LogP contribution in [0.4, 0.5) is 5.13 Å². The molecule has 1 fully saturated rings. The molecule has 2 aromatic rings. The van der Waals surface area contributed by atoms with Crippen LogP contribution >= 0.6 is 11.3 Å². The van der Waals surface area contributed by atoms with Crippen molar-refractivity contribution < 1.29 is 9.53 Å².